The van der Waals surface area contributed by atoms with Gasteiger partial charge in [-0.25, -0.2) is 0 Å². The van der Waals surface area contributed by atoms with Gasteiger partial charge in [0, 0.05) is 5.92 Å². The maximum absolute atomic E-state index is 11.6. The van der Waals surface area contributed by atoms with Crippen LogP contribution in [0.5, 0.6) is 5.75 Å². The summed E-state index contributed by atoms with van der Waals surface area (Å²) in [6.45, 7) is 1.99. The Kier molecular flexibility index (Phi) is 6.06. The third kappa shape index (κ3) is 4.00. The summed E-state index contributed by atoms with van der Waals surface area (Å²) in [5.74, 6) is -1.14. The molecule has 0 saturated heterocycles. The lowest BCUT2D eigenvalue weighted by Gasteiger charge is -2.17. The molecule has 0 N–H and O–H groups in total. The van der Waals surface area contributed by atoms with Gasteiger partial charge in [-0.3, -0.25) is 4.79 Å². The van der Waals surface area contributed by atoms with Gasteiger partial charge in [-0.1, -0.05) is 12.1 Å². The number of carbonyl (C=O) groups is 1. The van der Waals surface area contributed by atoms with Crippen LogP contribution in [-0.2, 0) is 9.53 Å². The number of carbonyl (C=O) groups excluding carboxylic acids is 1. The Labute approximate surface area is 118 Å². The van der Waals surface area contributed by atoms with Gasteiger partial charge in [0.25, 0.3) is 0 Å². The molecule has 1 rings (SSSR count). The second-order valence-electron chi connectivity index (χ2n) is 4.12. The Hall–Kier alpha value is -2.53. The van der Waals surface area contributed by atoms with Gasteiger partial charge in [0.2, 0.25) is 0 Å². The van der Waals surface area contributed by atoms with Crippen molar-refractivity contribution in [1.29, 1.82) is 10.5 Å². The molecule has 0 radical (unpaired) electrons. The highest BCUT2D eigenvalue weighted by Crippen LogP contribution is 2.29. The van der Waals surface area contributed by atoms with Crippen molar-refractivity contribution in [1.82, 2.24) is 0 Å². The number of nitrogens with zero attached hydrogens (tertiary/aromatic N) is 2. The molecular formula is C15H16N2O3. The molecule has 0 bridgehead atoms. The van der Waals surface area contributed by atoms with E-state index in [0.717, 1.165) is 5.56 Å². The summed E-state index contributed by atoms with van der Waals surface area (Å²) in [4.78, 5) is 11.6. The summed E-state index contributed by atoms with van der Waals surface area (Å²) in [6.07, 6.45) is 0.00591. The standard InChI is InChI=1S/C15H16N2O3/c1-3-20-15(18)8-14(12(9-16)10-17)11-4-6-13(19-2)7-5-11/h4-7,12,14H,3,8H2,1-2H3. The zero-order valence-electron chi connectivity index (χ0n) is 11.5. The number of ether oxygens (including phenoxy) is 2. The number of nitriles is 2. The highest BCUT2D eigenvalue weighted by Gasteiger charge is 2.26. The Bertz CT molecular complexity index is 512. The van der Waals surface area contributed by atoms with Crippen molar-refractivity contribution in [3.63, 3.8) is 0 Å². The summed E-state index contributed by atoms with van der Waals surface area (Å²) in [5.41, 5.74) is 0.743. The average molecular weight is 272 g/mol. The van der Waals surface area contributed by atoms with Gasteiger partial charge in [-0.15, -0.1) is 0 Å². The summed E-state index contributed by atoms with van der Waals surface area (Å²) >= 11 is 0. The number of esters is 1. The second kappa shape index (κ2) is 7.81. The van der Waals surface area contributed by atoms with Gasteiger partial charge in [0.15, 0.2) is 0 Å². The number of methoxy groups -OCH3 is 1. The van der Waals surface area contributed by atoms with Crippen LogP contribution in [0, 0.1) is 28.6 Å². The highest BCUT2D eigenvalue weighted by atomic mass is 16.5. The smallest absolute Gasteiger partial charge is 0.306 e. The molecule has 1 unspecified atom stereocenters. The SMILES string of the molecule is CCOC(=O)CC(c1ccc(OC)cc1)C(C#N)C#N. The second-order valence-corrected chi connectivity index (χ2v) is 4.12. The molecule has 5 nitrogen and oxygen atoms in total. The van der Waals surface area contributed by atoms with E-state index in [1.807, 2.05) is 12.1 Å². The minimum Gasteiger partial charge on any atom is -0.497 e. The van der Waals surface area contributed by atoms with Crippen molar-refractivity contribution in [2.45, 2.75) is 19.3 Å². The van der Waals surface area contributed by atoms with E-state index in [0.29, 0.717) is 5.75 Å². The summed E-state index contributed by atoms with van der Waals surface area (Å²) in [6, 6.07) is 10.8. The molecule has 1 atom stereocenters. The van der Waals surface area contributed by atoms with Gasteiger partial charge in [-0.05, 0) is 24.6 Å². The van der Waals surface area contributed by atoms with Crippen LogP contribution in [0.4, 0.5) is 0 Å². The molecule has 0 aromatic heterocycles. The molecule has 104 valence electrons. The fraction of sp³-hybridized carbons (Fsp3) is 0.400. The third-order valence-corrected chi connectivity index (χ3v) is 2.92. The van der Waals surface area contributed by atoms with Crippen molar-refractivity contribution in [3.05, 3.63) is 29.8 Å². The van der Waals surface area contributed by atoms with E-state index in [4.69, 9.17) is 20.0 Å². The van der Waals surface area contributed by atoms with Gasteiger partial charge in [-0.2, -0.15) is 10.5 Å². The molecule has 0 aliphatic rings. The highest BCUT2D eigenvalue weighted by molar-refractivity contribution is 5.70. The molecule has 0 saturated carbocycles. The third-order valence-electron chi connectivity index (χ3n) is 2.92. The number of hydrogen-bond acceptors (Lipinski definition) is 5. The quantitative estimate of drug-likeness (QED) is 0.742. The molecule has 0 spiro atoms. The molecule has 0 aliphatic heterocycles. The first-order valence-corrected chi connectivity index (χ1v) is 6.25. The molecule has 0 heterocycles. The van der Waals surface area contributed by atoms with Crippen molar-refractivity contribution >= 4 is 5.97 Å². The minimum atomic E-state index is -0.896. The lowest BCUT2D eigenvalue weighted by Crippen LogP contribution is -2.16. The molecule has 0 fully saturated rings. The van der Waals surface area contributed by atoms with E-state index in [1.165, 1.54) is 0 Å². The largest absolute Gasteiger partial charge is 0.497 e. The average Bonchev–Trinajstić information content (AvgIpc) is 2.48. The maximum Gasteiger partial charge on any atom is 0.306 e. The van der Waals surface area contributed by atoms with E-state index >= 15 is 0 Å². The van der Waals surface area contributed by atoms with Crippen LogP contribution in [-0.4, -0.2) is 19.7 Å². The van der Waals surface area contributed by atoms with E-state index < -0.39 is 17.8 Å². The Morgan fingerprint density at radius 3 is 2.30 bits per heavy atom. The molecule has 0 amide bonds. The Morgan fingerprint density at radius 1 is 1.25 bits per heavy atom. The predicted octanol–water partition coefficient (Wildman–Crippen LogP) is 2.40. The van der Waals surface area contributed by atoms with Crippen molar-refractivity contribution < 1.29 is 14.3 Å². The lowest BCUT2D eigenvalue weighted by atomic mass is 9.85. The van der Waals surface area contributed by atoms with Crippen LogP contribution in [0.25, 0.3) is 0 Å². The first-order valence-electron chi connectivity index (χ1n) is 6.25. The summed E-state index contributed by atoms with van der Waals surface area (Å²) in [5, 5.41) is 18.1. The van der Waals surface area contributed by atoms with Crippen LogP contribution in [0.3, 0.4) is 0 Å². The summed E-state index contributed by atoms with van der Waals surface area (Å²) in [7, 11) is 1.55. The zero-order valence-corrected chi connectivity index (χ0v) is 11.5. The van der Waals surface area contributed by atoms with Crippen molar-refractivity contribution in [3.8, 4) is 17.9 Å². The predicted molar refractivity (Wildman–Crippen MR) is 71.7 cm³/mol. The molecule has 20 heavy (non-hydrogen) atoms. The summed E-state index contributed by atoms with van der Waals surface area (Å²) < 4.78 is 9.96. The first-order chi connectivity index (χ1) is 9.65. The minimum absolute atomic E-state index is 0.00591. The van der Waals surface area contributed by atoms with Crippen LogP contribution in [0.2, 0.25) is 0 Å². The number of benzene rings is 1. The molecule has 1 aromatic rings. The van der Waals surface area contributed by atoms with Crippen LogP contribution in [0.1, 0.15) is 24.8 Å². The molecule has 1 aromatic carbocycles. The maximum atomic E-state index is 11.6. The van der Waals surface area contributed by atoms with Crippen LogP contribution in [0.15, 0.2) is 24.3 Å². The molecule has 0 aliphatic carbocycles. The Morgan fingerprint density at radius 2 is 1.85 bits per heavy atom. The zero-order chi connectivity index (χ0) is 15.0. The van der Waals surface area contributed by atoms with E-state index in [2.05, 4.69) is 0 Å². The van der Waals surface area contributed by atoms with Crippen molar-refractivity contribution in [2.75, 3.05) is 13.7 Å². The van der Waals surface area contributed by atoms with Gasteiger partial charge >= 0.3 is 5.97 Å². The number of hydrogen-bond donors (Lipinski definition) is 0. The van der Waals surface area contributed by atoms with E-state index in [9.17, 15) is 4.79 Å². The lowest BCUT2D eigenvalue weighted by molar-refractivity contribution is -0.143. The van der Waals surface area contributed by atoms with Gasteiger partial charge < -0.3 is 9.47 Å². The molecule has 5 heteroatoms. The van der Waals surface area contributed by atoms with Gasteiger partial charge in [0.1, 0.15) is 11.7 Å². The molecular weight excluding hydrogens is 256 g/mol. The number of rotatable bonds is 6. The van der Waals surface area contributed by atoms with E-state index in [-0.39, 0.29) is 13.0 Å². The topological polar surface area (TPSA) is 83.1 Å². The van der Waals surface area contributed by atoms with E-state index in [1.54, 1.807) is 38.3 Å². The van der Waals surface area contributed by atoms with Crippen LogP contribution >= 0.6 is 0 Å². The van der Waals surface area contributed by atoms with Gasteiger partial charge in [0.05, 0.1) is 32.3 Å². The fourth-order valence-corrected chi connectivity index (χ4v) is 1.89. The Balaban J connectivity index is 3.00. The van der Waals surface area contributed by atoms with Crippen LogP contribution < -0.4 is 4.74 Å². The monoisotopic (exact) mass is 272 g/mol. The van der Waals surface area contributed by atoms with Crippen molar-refractivity contribution in [2.24, 2.45) is 5.92 Å². The first kappa shape index (κ1) is 15.5. The fourth-order valence-electron chi connectivity index (χ4n) is 1.89. The normalized spacial score (nSPS) is 11.2.